The van der Waals surface area contributed by atoms with E-state index in [1.54, 1.807) is 6.07 Å². The lowest BCUT2D eigenvalue weighted by Gasteiger charge is -2.29. The van der Waals surface area contributed by atoms with Gasteiger partial charge in [-0.3, -0.25) is 25.0 Å². The number of para-hydroxylation sites is 1. The molecule has 1 N–H and O–H groups in total. The van der Waals surface area contributed by atoms with Crippen LogP contribution < -0.4 is 10.3 Å². The number of nitro groups is 2. The van der Waals surface area contributed by atoms with Crippen LogP contribution in [0.4, 0.5) is 17.1 Å². The van der Waals surface area contributed by atoms with Crippen molar-refractivity contribution in [2.24, 2.45) is 5.10 Å². The van der Waals surface area contributed by atoms with Gasteiger partial charge >= 0.3 is 0 Å². The third-order valence-corrected chi connectivity index (χ3v) is 4.29. The topological polar surface area (TPSA) is 140 Å². The molecule has 29 heavy (non-hydrogen) atoms. The Hall–Kier alpha value is -3.86. The van der Waals surface area contributed by atoms with Gasteiger partial charge in [0.1, 0.15) is 5.56 Å². The van der Waals surface area contributed by atoms with Gasteiger partial charge in [0, 0.05) is 42.5 Å². The van der Waals surface area contributed by atoms with Gasteiger partial charge in [-0.15, -0.1) is 0 Å². The second-order valence-corrected chi connectivity index (χ2v) is 6.07. The summed E-state index contributed by atoms with van der Waals surface area (Å²) in [7, 11) is 0. The second-order valence-electron chi connectivity index (χ2n) is 6.07. The molecular weight excluding hydrogens is 382 g/mol. The van der Waals surface area contributed by atoms with Gasteiger partial charge in [-0.2, -0.15) is 5.10 Å². The first-order valence-electron chi connectivity index (χ1n) is 8.65. The maximum absolute atomic E-state index is 12.3. The summed E-state index contributed by atoms with van der Waals surface area (Å²) in [5.41, 5.74) is 2.78. The quantitative estimate of drug-likeness (QED) is 0.445. The molecule has 11 nitrogen and oxygen atoms in total. The highest BCUT2D eigenvalue weighted by molar-refractivity contribution is 5.99. The summed E-state index contributed by atoms with van der Waals surface area (Å²) in [5.74, 6) is -0.757. The molecule has 1 saturated heterocycles. The van der Waals surface area contributed by atoms with Gasteiger partial charge in [-0.05, 0) is 12.1 Å². The first kappa shape index (κ1) is 19.9. The summed E-state index contributed by atoms with van der Waals surface area (Å²) in [5, 5.41) is 26.0. The third kappa shape index (κ3) is 4.71. The molecule has 1 aliphatic rings. The zero-order valence-electron chi connectivity index (χ0n) is 15.2. The van der Waals surface area contributed by atoms with E-state index in [1.165, 1.54) is 42.6 Å². The molecule has 0 spiro atoms. The fraction of sp³-hybridized carbons (Fsp3) is 0.222. The van der Waals surface area contributed by atoms with Crippen LogP contribution >= 0.6 is 0 Å². The number of ether oxygens (including phenoxy) is 1. The molecular formula is C18H17N5O6. The maximum atomic E-state index is 12.3. The maximum Gasteiger partial charge on any atom is 0.282 e. The molecule has 2 aromatic carbocycles. The highest BCUT2D eigenvalue weighted by Gasteiger charge is 2.19. The van der Waals surface area contributed by atoms with Crippen LogP contribution in [-0.2, 0) is 4.74 Å². The van der Waals surface area contributed by atoms with Crippen molar-refractivity contribution in [1.29, 1.82) is 0 Å². The fourth-order valence-electron chi connectivity index (χ4n) is 2.90. The SMILES string of the molecule is O=C(N/N=C\c1cc([N+](=O)[O-])ccc1N1CCOCC1)c1ccccc1[N+](=O)[O-]. The van der Waals surface area contributed by atoms with Gasteiger partial charge in [0.25, 0.3) is 17.3 Å². The van der Waals surface area contributed by atoms with E-state index in [0.717, 1.165) is 0 Å². The minimum atomic E-state index is -0.757. The zero-order valence-corrected chi connectivity index (χ0v) is 15.2. The molecule has 150 valence electrons. The monoisotopic (exact) mass is 399 g/mol. The molecule has 1 amide bonds. The van der Waals surface area contributed by atoms with Gasteiger partial charge in [-0.25, -0.2) is 5.43 Å². The predicted octanol–water partition coefficient (Wildman–Crippen LogP) is 2.10. The average Bonchev–Trinajstić information content (AvgIpc) is 2.74. The van der Waals surface area contributed by atoms with E-state index in [1.807, 2.05) is 4.90 Å². The number of hydrazone groups is 1. The summed E-state index contributed by atoms with van der Waals surface area (Å²) >= 11 is 0. The van der Waals surface area contributed by atoms with Crippen molar-refractivity contribution in [2.45, 2.75) is 0 Å². The van der Waals surface area contributed by atoms with Gasteiger partial charge in [0.05, 0.1) is 29.3 Å². The number of anilines is 1. The van der Waals surface area contributed by atoms with E-state index in [2.05, 4.69) is 10.5 Å². The van der Waals surface area contributed by atoms with E-state index < -0.39 is 15.8 Å². The standard InChI is InChI=1S/C18H17N5O6/c24-18(15-3-1-2-4-17(15)23(27)28)20-19-12-13-11-14(22(25)26)5-6-16(13)21-7-9-29-10-8-21/h1-6,11-12H,7-10H2,(H,20,24)/b19-12-. The molecule has 0 saturated carbocycles. The summed E-state index contributed by atoms with van der Waals surface area (Å²) in [6.07, 6.45) is 1.28. The van der Waals surface area contributed by atoms with Crippen LogP contribution in [-0.4, -0.2) is 48.3 Å². The highest BCUT2D eigenvalue weighted by atomic mass is 16.6. The molecule has 1 aliphatic heterocycles. The lowest BCUT2D eigenvalue weighted by atomic mass is 10.1. The smallest absolute Gasteiger partial charge is 0.282 e. The number of rotatable bonds is 6. The minimum absolute atomic E-state index is 0.117. The van der Waals surface area contributed by atoms with Gasteiger partial charge in [0.15, 0.2) is 0 Å². The van der Waals surface area contributed by atoms with Crippen molar-refractivity contribution in [3.8, 4) is 0 Å². The molecule has 0 bridgehead atoms. The molecule has 2 aromatic rings. The van der Waals surface area contributed by atoms with Crippen molar-refractivity contribution < 1.29 is 19.4 Å². The van der Waals surface area contributed by atoms with E-state index in [9.17, 15) is 25.0 Å². The largest absolute Gasteiger partial charge is 0.378 e. The van der Waals surface area contributed by atoms with Crippen molar-refractivity contribution in [3.05, 3.63) is 73.8 Å². The first-order valence-corrected chi connectivity index (χ1v) is 8.65. The Kier molecular flexibility index (Phi) is 6.09. The number of morpholine rings is 1. The van der Waals surface area contributed by atoms with E-state index in [4.69, 9.17) is 4.74 Å². The van der Waals surface area contributed by atoms with Crippen LogP contribution in [0.1, 0.15) is 15.9 Å². The van der Waals surface area contributed by atoms with Crippen molar-refractivity contribution in [2.75, 3.05) is 31.2 Å². The van der Waals surface area contributed by atoms with Crippen molar-refractivity contribution in [1.82, 2.24) is 5.43 Å². The molecule has 0 radical (unpaired) electrons. The molecule has 3 rings (SSSR count). The van der Waals surface area contributed by atoms with Gasteiger partial charge in [0.2, 0.25) is 0 Å². The van der Waals surface area contributed by atoms with Crippen LogP contribution in [0.5, 0.6) is 0 Å². The first-order chi connectivity index (χ1) is 14.0. The molecule has 1 heterocycles. The Morgan fingerprint density at radius 2 is 1.83 bits per heavy atom. The van der Waals surface area contributed by atoms with E-state index in [-0.39, 0.29) is 16.9 Å². The zero-order chi connectivity index (χ0) is 20.8. The molecule has 0 atom stereocenters. The van der Waals surface area contributed by atoms with Crippen LogP contribution in [0.15, 0.2) is 47.6 Å². The summed E-state index contributed by atoms with van der Waals surface area (Å²) in [6.45, 7) is 2.28. The van der Waals surface area contributed by atoms with Gasteiger partial charge in [-0.1, -0.05) is 12.1 Å². The summed E-state index contributed by atoms with van der Waals surface area (Å²) in [4.78, 5) is 35.2. The third-order valence-electron chi connectivity index (χ3n) is 4.29. The number of nitrogens with zero attached hydrogens (tertiary/aromatic N) is 4. The van der Waals surface area contributed by atoms with Crippen LogP contribution in [0.2, 0.25) is 0 Å². The lowest BCUT2D eigenvalue weighted by Crippen LogP contribution is -2.36. The number of carbonyl (C=O) groups excluding carboxylic acids is 1. The Balaban J connectivity index is 1.83. The number of benzene rings is 2. The van der Waals surface area contributed by atoms with Crippen molar-refractivity contribution >= 4 is 29.2 Å². The predicted molar refractivity (Wildman–Crippen MR) is 104 cm³/mol. The normalized spacial score (nSPS) is 14.0. The Labute approximate surface area is 164 Å². The summed E-state index contributed by atoms with van der Waals surface area (Å²) < 4.78 is 5.32. The lowest BCUT2D eigenvalue weighted by molar-refractivity contribution is -0.385. The Bertz CT molecular complexity index is 971. The highest BCUT2D eigenvalue weighted by Crippen LogP contribution is 2.25. The number of non-ortho nitro benzene ring substituents is 1. The van der Waals surface area contributed by atoms with E-state index in [0.29, 0.717) is 37.6 Å². The number of nitro benzene ring substituents is 2. The molecule has 0 aromatic heterocycles. The second kappa shape index (κ2) is 8.89. The number of hydrogen-bond acceptors (Lipinski definition) is 8. The number of carbonyl (C=O) groups is 1. The van der Waals surface area contributed by atoms with Crippen LogP contribution in [0.25, 0.3) is 0 Å². The average molecular weight is 399 g/mol. The molecule has 0 unspecified atom stereocenters. The Morgan fingerprint density at radius 3 is 2.52 bits per heavy atom. The molecule has 1 fully saturated rings. The van der Waals surface area contributed by atoms with Crippen molar-refractivity contribution in [3.63, 3.8) is 0 Å². The fourth-order valence-corrected chi connectivity index (χ4v) is 2.90. The summed E-state index contributed by atoms with van der Waals surface area (Å²) in [6, 6.07) is 9.86. The van der Waals surface area contributed by atoms with Crippen LogP contribution in [0, 0.1) is 20.2 Å². The minimum Gasteiger partial charge on any atom is -0.378 e. The number of nitrogens with one attached hydrogen (secondary N) is 1. The number of amides is 1. The molecule has 0 aliphatic carbocycles. The van der Waals surface area contributed by atoms with E-state index >= 15 is 0 Å². The molecule has 11 heteroatoms. The number of hydrogen-bond donors (Lipinski definition) is 1. The van der Waals surface area contributed by atoms with Gasteiger partial charge < -0.3 is 9.64 Å². The Morgan fingerprint density at radius 1 is 1.10 bits per heavy atom. The van der Waals surface area contributed by atoms with Crippen LogP contribution in [0.3, 0.4) is 0 Å².